The maximum atomic E-state index is 12.4. The van der Waals surface area contributed by atoms with Crippen molar-refractivity contribution in [1.82, 2.24) is 0 Å². The van der Waals surface area contributed by atoms with E-state index in [0.29, 0.717) is 10.7 Å². The predicted octanol–water partition coefficient (Wildman–Crippen LogP) is 1.60. The first-order chi connectivity index (χ1) is 10.9. The lowest BCUT2D eigenvalue weighted by Crippen LogP contribution is -2.36. The molecule has 1 saturated heterocycles. The highest BCUT2D eigenvalue weighted by molar-refractivity contribution is 8.00. The van der Waals surface area contributed by atoms with E-state index >= 15 is 0 Å². The largest absolute Gasteiger partial charge is 0.465 e. The summed E-state index contributed by atoms with van der Waals surface area (Å²) in [5, 5.41) is -0.106. The number of hydrogen-bond acceptors (Lipinski definition) is 6. The number of nitrogens with two attached hydrogens (primary N) is 1. The summed E-state index contributed by atoms with van der Waals surface area (Å²) in [7, 11) is 0. The van der Waals surface area contributed by atoms with Gasteiger partial charge in [0.2, 0.25) is 11.8 Å². The average Bonchev–Trinajstić information content (AvgIpc) is 2.79. The smallest absolute Gasteiger partial charge is 0.323 e. The van der Waals surface area contributed by atoms with Crippen LogP contribution in [0.1, 0.15) is 13.3 Å². The van der Waals surface area contributed by atoms with Crippen LogP contribution in [0.4, 0.5) is 5.69 Å². The Labute approximate surface area is 143 Å². The summed E-state index contributed by atoms with van der Waals surface area (Å²) in [5.41, 5.74) is 6.15. The van der Waals surface area contributed by atoms with Gasteiger partial charge in [-0.25, -0.2) is 4.90 Å². The van der Waals surface area contributed by atoms with Crippen LogP contribution in [0.5, 0.6) is 0 Å². The van der Waals surface area contributed by atoms with Crippen LogP contribution in [0.3, 0.4) is 0 Å². The second kappa shape index (κ2) is 7.81. The van der Waals surface area contributed by atoms with E-state index < -0.39 is 17.3 Å². The van der Waals surface area contributed by atoms with E-state index in [0.717, 1.165) is 4.90 Å². The van der Waals surface area contributed by atoms with Crippen molar-refractivity contribution in [2.24, 2.45) is 5.73 Å². The Morgan fingerprint density at radius 3 is 2.91 bits per heavy atom. The van der Waals surface area contributed by atoms with Gasteiger partial charge in [-0.05, 0) is 25.1 Å². The topological polar surface area (TPSA) is 89.7 Å². The molecule has 1 aromatic carbocycles. The van der Waals surface area contributed by atoms with Crippen molar-refractivity contribution in [2.75, 3.05) is 17.3 Å². The van der Waals surface area contributed by atoms with Crippen molar-refractivity contribution in [3.05, 3.63) is 29.3 Å². The molecule has 23 heavy (non-hydrogen) atoms. The summed E-state index contributed by atoms with van der Waals surface area (Å²) in [6.07, 6.45) is 0.0750. The summed E-state index contributed by atoms with van der Waals surface area (Å²) in [5.74, 6) is -0.910. The van der Waals surface area contributed by atoms with E-state index in [2.05, 4.69) is 0 Å². The molecule has 0 saturated carbocycles. The lowest BCUT2D eigenvalue weighted by atomic mass is 10.3. The highest BCUT2D eigenvalue weighted by atomic mass is 35.5. The molecular weight excluding hydrogens is 340 g/mol. The van der Waals surface area contributed by atoms with Gasteiger partial charge in [0, 0.05) is 17.2 Å². The molecule has 0 aliphatic carbocycles. The van der Waals surface area contributed by atoms with E-state index in [1.165, 1.54) is 11.8 Å². The molecule has 2 rings (SSSR count). The summed E-state index contributed by atoms with van der Waals surface area (Å²) in [6.45, 7) is 1.94. The molecule has 1 aromatic rings. The maximum absolute atomic E-state index is 12.4. The number of amides is 2. The number of ether oxygens (including phenoxy) is 1. The molecule has 2 N–H and O–H groups in total. The van der Waals surface area contributed by atoms with Gasteiger partial charge in [-0.15, -0.1) is 11.8 Å². The van der Waals surface area contributed by atoms with Gasteiger partial charge in [0.1, 0.15) is 6.04 Å². The molecule has 0 bridgehead atoms. The lowest BCUT2D eigenvalue weighted by molar-refractivity contribution is -0.144. The first-order valence-electron chi connectivity index (χ1n) is 7.10. The fourth-order valence-electron chi connectivity index (χ4n) is 2.16. The molecule has 8 heteroatoms. The van der Waals surface area contributed by atoms with Crippen LogP contribution in [0, 0.1) is 0 Å². The van der Waals surface area contributed by atoms with Gasteiger partial charge in [0.15, 0.2) is 0 Å². The van der Waals surface area contributed by atoms with Crippen molar-refractivity contribution < 1.29 is 19.1 Å². The number of benzene rings is 1. The Hall–Kier alpha value is -1.57. The zero-order chi connectivity index (χ0) is 17.0. The molecule has 2 amide bonds. The third kappa shape index (κ3) is 4.25. The molecule has 124 valence electrons. The van der Waals surface area contributed by atoms with Crippen LogP contribution in [0.2, 0.25) is 5.02 Å². The van der Waals surface area contributed by atoms with Gasteiger partial charge in [0.25, 0.3) is 0 Å². The number of hydrogen-bond donors (Lipinski definition) is 1. The molecule has 2 atom stereocenters. The molecular formula is C15H17ClN2O4S. The second-order valence-corrected chi connectivity index (χ2v) is 6.60. The normalized spacial score (nSPS) is 19.1. The molecule has 0 spiro atoms. The van der Waals surface area contributed by atoms with Crippen LogP contribution in [-0.2, 0) is 19.1 Å². The molecule has 6 nitrogen and oxygen atoms in total. The van der Waals surface area contributed by atoms with Crippen molar-refractivity contribution in [1.29, 1.82) is 0 Å². The van der Waals surface area contributed by atoms with Crippen LogP contribution >= 0.6 is 23.4 Å². The Kier molecular flexibility index (Phi) is 6.04. The summed E-state index contributed by atoms with van der Waals surface area (Å²) in [6, 6.07) is 5.74. The van der Waals surface area contributed by atoms with Gasteiger partial charge in [-0.2, -0.15) is 0 Å². The lowest BCUT2D eigenvalue weighted by Gasteiger charge is -2.16. The van der Waals surface area contributed by atoms with E-state index in [1.807, 2.05) is 0 Å². The van der Waals surface area contributed by atoms with Crippen molar-refractivity contribution in [2.45, 2.75) is 24.6 Å². The Bertz CT molecular complexity index is 625. The number of halogens is 1. The van der Waals surface area contributed by atoms with Crippen molar-refractivity contribution in [3.63, 3.8) is 0 Å². The minimum absolute atomic E-state index is 0.0750. The number of rotatable bonds is 6. The number of carbonyl (C=O) groups is 3. The monoisotopic (exact) mass is 356 g/mol. The number of nitrogens with zero attached hydrogens (tertiary/aromatic N) is 1. The zero-order valence-electron chi connectivity index (χ0n) is 12.5. The van der Waals surface area contributed by atoms with Gasteiger partial charge in [-0.1, -0.05) is 17.7 Å². The first kappa shape index (κ1) is 17.8. The fourth-order valence-corrected chi connectivity index (χ4v) is 3.43. The Morgan fingerprint density at radius 2 is 2.26 bits per heavy atom. The standard InChI is InChI=1S/C15H17ClN2O4S/c1-2-22-15(21)11(17)8-23-12-7-13(19)18(14(12)20)10-5-3-4-9(16)6-10/h3-6,11-12H,2,7-8,17H2,1H3/t11-,12-/m1/s1. The number of imide groups is 1. The minimum Gasteiger partial charge on any atom is -0.465 e. The highest BCUT2D eigenvalue weighted by Gasteiger charge is 2.40. The minimum atomic E-state index is -0.817. The number of anilines is 1. The summed E-state index contributed by atoms with van der Waals surface area (Å²) >= 11 is 7.09. The van der Waals surface area contributed by atoms with Gasteiger partial charge >= 0.3 is 5.97 Å². The molecule has 1 aliphatic heterocycles. The van der Waals surface area contributed by atoms with Crippen LogP contribution < -0.4 is 10.6 Å². The highest BCUT2D eigenvalue weighted by Crippen LogP contribution is 2.31. The average molecular weight is 357 g/mol. The molecule has 0 radical (unpaired) electrons. The molecule has 1 aliphatic rings. The van der Waals surface area contributed by atoms with Gasteiger partial charge < -0.3 is 10.5 Å². The Balaban J connectivity index is 2.00. The fraction of sp³-hybridized carbons (Fsp3) is 0.400. The van der Waals surface area contributed by atoms with E-state index in [9.17, 15) is 14.4 Å². The van der Waals surface area contributed by atoms with Crippen molar-refractivity contribution in [3.8, 4) is 0 Å². The third-order valence-corrected chi connectivity index (χ3v) is 4.80. The number of thioether (sulfide) groups is 1. The SMILES string of the molecule is CCOC(=O)[C@H](N)CS[C@@H]1CC(=O)N(c2cccc(Cl)c2)C1=O. The van der Waals surface area contributed by atoms with Crippen LogP contribution in [-0.4, -0.2) is 41.4 Å². The predicted molar refractivity (Wildman–Crippen MR) is 89.4 cm³/mol. The number of carbonyl (C=O) groups excluding carboxylic acids is 3. The molecule has 0 unspecified atom stereocenters. The molecule has 1 fully saturated rings. The van der Waals surface area contributed by atoms with Crippen molar-refractivity contribution >= 4 is 46.8 Å². The zero-order valence-corrected chi connectivity index (χ0v) is 14.1. The van der Waals surface area contributed by atoms with Gasteiger partial charge in [-0.3, -0.25) is 14.4 Å². The van der Waals surface area contributed by atoms with Crippen LogP contribution in [0.25, 0.3) is 0 Å². The third-order valence-electron chi connectivity index (χ3n) is 3.24. The first-order valence-corrected chi connectivity index (χ1v) is 8.53. The van der Waals surface area contributed by atoms with Crippen LogP contribution in [0.15, 0.2) is 24.3 Å². The Morgan fingerprint density at radius 1 is 1.52 bits per heavy atom. The molecule has 1 heterocycles. The number of esters is 1. The van der Waals surface area contributed by atoms with E-state index in [1.54, 1.807) is 31.2 Å². The molecule has 0 aromatic heterocycles. The summed E-state index contributed by atoms with van der Waals surface area (Å²) in [4.78, 5) is 37.1. The second-order valence-electron chi connectivity index (χ2n) is 4.93. The maximum Gasteiger partial charge on any atom is 0.323 e. The summed E-state index contributed by atoms with van der Waals surface area (Å²) < 4.78 is 4.82. The van der Waals surface area contributed by atoms with E-state index in [4.69, 9.17) is 22.1 Å². The van der Waals surface area contributed by atoms with E-state index in [-0.39, 0.29) is 30.6 Å². The quantitative estimate of drug-likeness (QED) is 0.615. The van der Waals surface area contributed by atoms with Gasteiger partial charge in [0.05, 0.1) is 17.5 Å².